The van der Waals surface area contributed by atoms with Crippen LogP contribution in [0.5, 0.6) is 0 Å². The van der Waals surface area contributed by atoms with E-state index in [1.54, 1.807) is 0 Å². The average molecular weight is 287 g/mol. The van der Waals surface area contributed by atoms with Crippen molar-refractivity contribution in [1.29, 1.82) is 0 Å². The van der Waals surface area contributed by atoms with Gasteiger partial charge in [0.1, 0.15) is 0 Å². The molecule has 0 fully saturated rings. The summed E-state index contributed by atoms with van der Waals surface area (Å²) in [6.07, 6.45) is 0. The van der Waals surface area contributed by atoms with Gasteiger partial charge in [0.05, 0.1) is 5.69 Å². The third-order valence-electron chi connectivity index (χ3n) is 4.04. The molecule has 110 valence electrons. The molecule has 0 amide bonds. The van der Waals surface area contributed by atoms with Crippen LogP contribution in [0, 0.1) is 27.7 Å². The maximum atomic E-state index is 4.84. The summed E-state index contributed by atoms with van der Waals surface area (Å²) in [6.45, 7) is 8.50. The fraction of sp³-hybridized carbons (Fsp3) is 0.190. The summed E-state index contributed by atoms with van der Waals surface area (Å²) in [4.78, 5) is 4.84. The Labute approximate surface area is 132 Å². The maximum absolute atomic E-state index is 4.84. The number of hydrogen-bond donors (Lipinski definition) is 0. The Bertz CT molecular complexity index is 811. The molecule has 1 heterocycles. The van der Waals surface area contributed by atoms with Crippen LogP contribution in [0.4, 0.5) is 0 Å². The molecule has 22 heavy (non-hydrogen) atoms. The Hall–Kier alpha value is -2.41. The Morgan fingerprint density at radius 1 is 0.682 bits per heavy atom. The van der Waals surface area contributed by atoms with Gasteiger partial charge in [-0.1, -0.05) is 47.5 Å². The summed E-state index contributed by atoms with van der Waals surface area (Å²) in [5, 5.41) is 0. The minimum absolute atomic E-state index is 1.04. The molecule has 0 bridgehead atoms. The molecule has 0 aliphatic heterocycles. The number of pyridine rings is 1. The molecule has 0 saturated heterocycles. The first-order valence-corrected chi connectivity index (χ1v) is 7.67. The smallest absolute Gasteiger partial charge is 0.0705 e. The summed E-state index contributed by atoms with van der Waals surface area (Å²) < 4.78 is 0. The first-order valence-electron chi connectivity index (χ1n) is 7.67. The quantitative estimate of drug-likeness (QED) is 0.593. The highest BCUT2D eigenvalue weighted by Crippen LogP contribution is 2.28. The molecule has 3 rings (SSSR count). The maximum Gasteiger partial charge on any atom is 0.0705 e. The topological polar surface area (TPSA) is 12.9 Å². The molecular formula is C21H21N. The van der Waals surface area contributed by atoms with Crippen molar-refractivity contribution in [2.45, 2.75) is 27.7 Å². The summed E-state index contributed by atoms with van der Waals surface area (Å²) in [7, 11) is 0. The molecule has 1 heteroatoms. The Morgan fingerprint density at radius 2 is 1.36 bits per heavy atom. The van der Waals surface area contributed by atoms with Crippen molar-refractivity contribution in [2.75, 3.05) is 0 Å². The van der Waals surface area contributed by atoms with Gasteiger partial charge in [-0.2, -0.15) is 0 Å². The fourth-order valence-electron chi connectivity index (χ4n) is 3.00. The molecule has 0 radical (unpaired) electrons. The van der Waals surface area contributed by atoms with E-state index in [2.05, 4.69) is 82.3 Å². The zero-order chi connectivity index (χ0) is 15.7. The van der Waals surface area contributed by atoms with E-state index in [-0.39, 0.29) is 0 Å². The van der Waals surface area contributed by atoms with Crippen molar-refractivity contribution >= 4 is 0 Å². The lowest BCUT2D eigenvalue weighted by Crippen LogP contribution is -1.93. The summed E-state index contributed by atoms with van der Waals surface area (Å²) >= 11 is 0. The van der Waals surface area contributed by atoms with Crippen molar-refractivity contribution in [3.8, 4) is 22.4 Å². The minimum Gasteiger partial charge on any atom is -0.252 e. The SMILES string of the molecule is Cc1cc(C)cc(-c2ccc(-c3ccccc3C)c(C)n2)c1. The molecule has 0 atom stereocenters. The van der Waals surface area contributed by atoms with Crippen LogP contribution in [-0.2, 0) is 0 Å². The zero-order valence-corrected chi connectivity index (χ0v) is 13.6. The van der Waals surface area contributed by atoms with E-state index >= 15 is 0 Å². The van der Waals surface area contributed by atoms with Crippen LogP contribution in [0.3, 0.4) is 0 Å². The van der Waals surface area contributed by atoms with Crippen LogP contribution >= 0.6 is 0 Å². The third kappa shape index (κ3) is 2.80. The standard InChI is InChI=1S/C21H21N/c1-14-11-15(2)13-18(12-14)21-10-9-20(17(4)22-21)19-8-6-5-7-16(19)3/h5-13H,1-4H3. The van der Waals surface area contributed by atoms with Crippen LogP contribution in [0.1, 0.15) is 22.4 Å². The van der Waals surface area contributed by atoms with Crippen molar-refractivity contribution in [2.24, 2.45) is 0 Å². The number of aromatic nitrogens is 1. The number of nitrogens with zero attached hydrogens (tertiary/aromatic N) is 1. The molecule has 1 aromatic heterocycles. The van der Waals surface area contributed by atoms with Gasteiger partial charge in [0.15, 0.2) is 0 Å². The summed E-state index contributed by atoms with van der Waals surface area (Å²) in [5.41, 5.74) is 9.62. The predicted octanol–water partition coefficient (Wildman–Crippen LogP) is 5.65. The van der Waals surface area contributed by atoms with Gasteiger partial charge < -0.3 is 0 Å². The Morgan fingerprint density at radius 3 is 2.00 bits per heavy atom. The zero-order valence-electron chi connectivity index (χ0n) is 13.6. The molecule has 0 saturated carbocycles. The van der Waals surface area contributed by atoms with Crippen LogP contribution in [0.15, 0.2) is 54.6 Å². The number of aryl methyl sites for hydroxylation is 4. The Kier molecular flexibility index (Phi) is 3.81. The van der Waals surface area contributed by atoms with Gasteiger partial charge in [-0.05, 0) is 57.0 Å². The van der Waals surface area contributed by atoms with Gasteiger partial charge in [0.2, 0.25) is 0 Å². The van der Waals surface area contributed by atoms with Gasteiger partial charge in [0.25, 0.3) is 0 Å². The van der Waals surface area contributed by atoms with Crippen molar-refractivity contribution in [1.82, 2.24) is 4.98 Å². The minimum atomic E-state index is 1.04. The fourth-order valence-corrected chi connectivity index (χ4v) is 3.00. The van der Waals surface area contributed by atoms with Gasteiger partial charge >= 0.3 is 0 Å². The highest BCUT2D eigenvalue weighted by Gasteiger charge is 2.08. The largest absolute Gasteiger partial charge is 0.252 e. The molecule has 0 aliphatic carbocycles. The van der Waals surface area contributed by atoms with Gasteiger partial charge in [0, 0.05) is 16.8 Å². The highest BCUT2D eigenvalue weighted by atomic mass is 14.7. The summed E-state index contributed by atoms with van der Waals surface area (Å²) in [5.74, 6) is 0. The first-order chi connectivity index (χ1) is 10.5. The van der Waals surface area contributed by atoms with E-state index in [1.165, 1.54) is 33.4 Å². The monoisotopic (exact) mass is 287 g/mol. The molecule has 0 spiro atoms. The third-order valence-corrected chi connectivity index (χ3v) is 4.04. The van der Waals surface area contributed by atoms with Gasteiger partial charge in [-0.15, -0.1) is 0 Å². The Balaban J connectivity index is 2.08. The lowest BCUT2D eigenvalue weighted by Gasteiger charge is -2.11. The molecule has 2 aromatic carbocycles. The second-order valence-corrected chi connectivity index (χ2v) is 6.02. The highest BCUT2D eigenvalue weighted by molar-refractivity contribution is 5.72. The van der Waals surface area contributed by atoms with E-state index in [0.717, 1.165) is 11.4 Å². The molecular weight excluding hydrogens is 266 g/mol. The van der Waals surface area contributed by atoms with E-state index in [1.807, 2.05) is 0 Å². The first kappa shape index (κ1) is 14.5. The molecule has 0 N–H and O–H groups in total. The van der Waals surface area contributed by atoms with E-state index in [9.17, 15) is 0 Å². The van der Waals surface area contributed by atoms with E-state index < -0.39 is 0 Å². The van der Waals surface area contributed by atoms with Gasteiger partial charge in [-0.3, -0.25) is 4.98 Å². The lowest BCUT2D eigenvalue weighted by atomic mass is 9.98. The molecule has 1 nitrogen and oxygen atoms in total. The summed E-state index contributed by atoms with van der Waals surface area (Å²) in [6, 6.07) is 19.4. The predicted molar refractivity (Wildman–Crippen MR) is 94.1 cm³/mol. The number of rotatable bonds is 2. The number of hydrogen-bond acceptors (Lipinski definition) is 1. The van der Waals surface area contributed by atoms with E-state index in [0.29, 0.717) is 0 Å². The molecule has 0 aliphatic rings. The number of benzene rings is 2. The van der Waals surface area contributed by atoms with Crippen LogP contribution in [0.25, 0.3) is 22.4 Å². The second kappa shape index (κ2) is 5.76. The second-order valence-electron chi connectivity index (χ2n) is 6.02. The normalized spacial score (nSPS) is 10.7. The van der Waals surface area contributed by atoms with Crippen LogP contribution in [0.2, 0.25) is 0 Å². The molecule has 0 unspecified atom stereocenters. The van der Waals surface area contributed by atoms with Gasteiger partial charge in [-0.25, -0.2) is 0 Å². The van der Waals surface area contributed by atoms with E-state index in [4.69, 9.17) is 4.98 Å². The van der Waals surface area contributed by atoms with Crippen molar-refractivity contribution in [3.05, 3.63) is 77.0 Å². The lowest BCUT2D eigenvalue weighted by molar-refractivity contribution is 1.20. The average Bonchev–Trinajstić information content (AvgIpc) is 2.47. The van der Waals surface area contributed by atoms with Crippen molar-refractivity contribution in [3.63, 3.8) is 0 Å². The van der Waals surface area contributed by atoms with Crippen LogP contribution < -0.4 is 0 Å². The molecule has 3 aromatic rings. The van der Waals surface area contributed by atoms with Crippen molar-refractivity contribution < 1.29 is 0 Å². The van der Waals surface area contributed by atoms with Crippen LogP contribution in [-0.4, -0.2) is 4.98 Å².